The molecular formula is C21H33N4O2S2+. The van der Waals surface area contributed by atoms with Gasteiger partial charge >= 0.3 is 0 Å². The minimum absolute atomic E-state index is 0.0957. The zero-order valence-electron chi connectivity index (χ0n) is 18.0. The molecule has 2 N–H and O–H groups in total. The van der Waals surface area contributed by atoms with Gasteiger partial charge in [0.05, 0.1) is 43.9 Å². The van der Waals surface area contributed by atoms with Crippen LogP contribution in [0.2, 0.25) is 0 Å². The van der Waals surface area contributed by atoms with Crippen molar-refractivity contribution in [1.82, 2.24) is 9.97 Å². The second kappa shape index (κ2) is 9.06. The van der Waals surface area contributed by atoms with Crippen molar-refractivity contribution in [2.45, 2.75) is 63.2 Å². The fourth-order valence-corrected chi connectivity index (χ4v) is 5.81. The van der Waals surface area contributed by atoms with E-state index < -0.39 is 0 Å². The van der Waals surface area contributed by atoms with Gasteiger partial charge in [0.1, 0.15) is 23.7 Å². The number of fused-ring (bicyclic) bond motifs is 3. The molecule has 0 unspecified atom stereocenters. The molecule has 1 fully saturated rings. The summed E-state index contributed by atoms with van der Waals surface area (Å²) in [5.41, 5.74) is 1.30. The van der Waals surface area contributed by atoms with Crippen LogP contribution >= 0.6 is 23.1 Å². The summed E-state index contributed by atoms with van der Waals surface area (Å²) in [6.07, 6.45) is 1.94. The predicted molar refractivity (Wildman–Crippen MR) is 120 cm³/mol. The lowest BCUT2D eigenvalue weighted by atomic mass is 9.90. The Balaban J connectivity index is 1.63. The average Bonchev–Trinajstić information content (AvgIpc) is 3.05. The van der Waals surface area contributed by atoms with Crippen molar-refractivity contribution in [3.8, 4) is 0 Å². The molecule has 0 saturated carbocycles. The number of thiophene rings is 1. The number of anilines is 1. The highest BCUT2D eigenvalue weighted by Gasteiger charge is 2.33. The van der Waals surface area contributed by atoms with Crippen molar-refractivity contribution in [3.05, 3.63) is 10.4 Å². The first-order chi connectivity index (χ1) is 14.0. The third kappa shape index (κ3) is 4.88. The predicted octanol–water partition coefficient (Wildman–Crippen LogP) is 2.76. The molecule has 4 heterocycles. The van der Waals surface area contributed by atoms with Crippen LogP contribution in [0.15, 0.2) is 5.16 Å². The van der Waals surface area contributed by atoms with Gasteiger partial charge in [0.2, 0.25) is 0 Å². The Morgan fingerprint density at radius 1 is 1.28 bits per heavy atom. The summed E-state index contributed by atoms with van der Waals surface area (Å²) in [5.74, 6) is 1.00. The molecule has 0 spiro atoms. The molecule has 8 heteroatoms. The van der Waals surface area contributed by atoms with Crippen molar-refractivity contribution in [1.29, 1.82) is 0 Å². The molecule has 0 bridgehead atoms. The topological polar surface area (TPSA) is 60.7 Å². The average molecular weight is 438 g/mol. The standard InChI is InChI=1S/C21H32N4O2S2/c1-5-21(4)12-15-16(13-27-21)29-19-17(15)18(23-20(24-19)28-14(2)3)22-6-7-25-8-10-26-11-9-25/h14H,5-13H2,1-4H3,(H,22,23,24)/p+1/t21-/m1/s1. The maximum Gasteiger partial charge on any atom is 0.191 e. The highest BCUT2D eigenvalue weighted by atomic mass is 32.2. The third-order valence-electron chi connectivity index (χ3n) is 5.88. The molecule has 0 radical (unpaired) electrons. The summed E-state index contributed by atoms with van der Waals surface area (Å²) < 4.78 is 11.7. The molecule has 0 aromatic carbocycles. The van der Waals surface area contributed by atoms with Gasteiger partial charge in [0, 0.05) is 16.5 Å². The lowest BCUT2D eigenvalue weighted by Gasteiger charge is -2.33. The van der Waals surface area contributed by atoms with E-state index in [1.807, 2.05) is 0 Å². The van der Waals surface area contributed by atoms with Gasteiger partial charge in [0.15, 0.2) is 5.16 Å². The molecule has 2 aromatic rings. The van der Waals surface area contributed by atoms with Crippen LogP contribution < -0.4 is 10.2 Å². The summed E-state index contributed by atoms with van der Waals surface area (Å²) >= 11 is 3.51. The molecule has 4 rings (SSSR count). The summed E-state index contributed by atoms with van der Waals surface area (Å²) in [6, 6.07) is 0. The lowest BCUT2D eigenvalue weighted by Crippen LogP contribution is -3.14. The zero-order chi connectivity index (χ0) is 20.4. The van der Waals surface area contributed by atoms with Gasteiger partial charge in [-0.1, -0.05) is 32.5 Å². The van der Waals surface area contributed by atoms with Crippen molar-refractivity contribution in [2.24, 2.45) is 0 Å². The van der Waals surface area contributed by atoms with Crippen LogP contribution in [0.5, 0.6) is 0 Å². The van der Waals surface area contributed by atoms with Crippen molar-refractivity contribution in [2.75, 3.05) is 44.7 Å². The van der Waals surface area contributed by atoms with Crippen molar-refractivity contribution >= 4 is 39.1 Å². The largest absolute Gasteiger partial charge is 0.370 e. The zero-order valence-corrected chi connectivity index (χ0v) is 19.6. The van der Waals surface area contributed by atoms with Gasteiger partial charge in [-0.2, -0.15) is 0 Å². The van der Waals surface area contributed by atoms with Crippen LogP contribution in [0.1, 0.15) is 44.6 Å². The number of ether oxygens (including phenoxy) is 2. The fourth-order valence-electron chi connectivity index (χ4n) is 3.94. The number of nitrogens with zero attached hydrogens (tertiary/aromatic N) is 2. The Morgan fingerprint density at radius 3 is 2.79 bits per heavy atom. The van der Waals surface area contributed by atoms with Crippen LogP contribution in [0.3, 0.4) is 0 Å². The van der Waals surface area contributed by atoms with Gasteiger partial charge in [-0.25, -0.2) is 9.97 Å². The lowest BCUT2D eigenvalue weighted by molar-refractivity contribution is -0.906. The highest BCUT2D eigenvalue weighted by Crippen LogP contribution is 2.42. The van der Waals surface area contributed by atoms with E-state index in [0.717, 1.165) is 68.0 Å². The minimum atomic E-state index is -0.0957. The van der Waals surface area contributed by atoms with Gasteiger partial charge in [-0.3, -0.25) is 0 Å². The van der Waals surface area contributed by atoms with E-state index in [0.29, 0.717) is 11.9 Å². The second-order valence-electron chi connectivity index (χ2n) is 8.51. The number of rotatable bonds is 7. The van der Waals surface area contributed by atoms with Gasteiger partial charge < -0.3 is 19.7 Å². The first kappa shape index (κ1) is 21.3. The molecule has 6 nitrogen and oxygen atoms in total. The van der Waals surface area contributed by atoms with Crippen LogP contribution in [-0.4, -0.2) is 60.2 Å². The number of nitrogens with one attached hydrogen (secondary N) is 2. The van der Waals surface area contributed by atoms with Crippen LogP contribution in [-0.2, 0) is 22.5 Å². The molecule has 1 atom stereocenters. The number of morpholine rings is 1. The maximum absolute atomic E-state index is 6.19. The Kier molecular flexibility index (Phi) is 6.65. The van der Waals surface area contributed by atoms with E-state index in [2.05, 4.69) is 33.0 Å². The van der Waals surface area contributed by atoms with Crippen LogP contribution in [0.4, 0.5) is 5.82 Å². The van der Waals surface area contributed by atoms with Gasteiger partial charge in [-0.15, -0.1) is 11.3 Å². The number of aromatic nitrogens is 2. The van der Waals surface area contributed by atoms with E-state index in [-0.39, 0.29) is 5.60 Å². The Morgan fingerprint density at radius 2 is 2.07 bits per heavy atom. The van der Waals surface area contributed by atoms with Crippen molar-refractivity contribution in [3.63, 3.8) is 0 Å². The highest BCUT2D eigenvalue weighted by molar-refractivity contribution is 7.99. The Labute approximate surface area is 181 Å². The number of thioether (sulfide) groups is 1. The van der Waals surface area contributed by atoms with E-state index in [1.165, 1.54) is 15.8 Å². The molecule has 160 valence electrons. The fraction of sp³-hybridized carbons (Fsp3) is 0.714. The molecular weight excluding hydrogens is 404 g/mol. The van der Waals surface area contributed by atoms with Crippen LogP contribution in [0.25, 0.3) is 10.2 Å². The first-order valence-corrected chi connectivity index (χ1v) is 12.4. The molecule has 2 aromatic heterocycles. The number of hydrogen-bond donors (Lipinski definition) is 2. The normalized spacial score (nSPS) is 22.9. The molecule has 0 amide bonds. The number of quaternary nitrogens is 1. The smallest absolute Gasteiger partial charge is 0.191 e. The third-order valence-corrected chi connectivity index (χ3v) is 7.84. The van der Waals surface area contributed by atoms with E-state index >= 15 is 0 Å². The molecule has 1 saturated heterocycles. The Hall–Kier alpha value is -0.930. The van der Waals surface area contributed by atoms with E-state index in [9.17, 15) is 0 Å². The quantitative estimate of drug-likeness (QED) is 0.513. The summed E-state index contributed by atoms with van der Waals surface area (Å²) in [7, 11) is 0. The minimum Gasteiger partial charge on any atom is -0.370 e. The second-order valence-corrected chi connectivity index (χ2v) is 11.1. The summed E-state index contributed by atoms with van der Waals surface area (Å²) in [6.45, 7) is 15.4. The summed E-state index contributed by atoms with van der Waals surface area (Å²) in [5, 5.41) is 6.22. The molecule has 2 aliphatic rings. The van der Waals surface area contributed by atoms with E-state index in [1.54, 1.807) is 28.0 Å². The van der Waals surface area contributed by atoms with Crippen LogP contribution in [0, 0.1) is 0 Å². The van der Waals surface area contributed by atoms with Gasteiger partial charge in [-0.05, 0) is 18.9 Å². The van der Waals surface area contributed by atoms with E-state index in [4.69, 9.17) is 19.4 Å². The molecule has 0 aliphatic carbocycles. The van der Waals surface area contributed by atoms with Gasteiger partial charge in [0.25, 0.3) is 0 Å². The maximum atomic E-state index is 6.19. The molecule has 2 aliphatic heterocycles. The van der Waals surface area contributed by atoms with Crippen molar-refractivity contribution < 1.29 is 14.4 Å². The first-order valence-electron chi connectivity index (χ1n) is 10.8. The number of hydrogen-bond acceptors (Lipinski definition) is 7. The summed E-state index contributed by atoms with van der Waals surface area (Å²) in [4.78, 5) is 13.9. The SMILES string of the molecule is CC[C@]1(C)Cc2c(sc3nc(SC(C)C)nc(NCC[NH+]4CCOCC4)c23)CO1. The monoisotopic (exact) mass is 437 g/mol. The molecule has 29 heavy (non-hydrogen) atoms. The Bertz CT molecular complexity index is 851.